The quantitative estimate of drug-likeness (QED) is 0.751. The lowest BCUT2D eigenvalue weighted by atomic mass is 10.1. The SMILES string of the molecule is CCc1ccccc1NC(=O)CN(CC)S(=O)(=O)c1cc(C)ccc1OC. The van der Waals surface area contributed by atoms with Crippen molar-refractivity contribution in [1.29, 1.82) is 0 Å². The van der Waals surface area contributed by atoms with Crippen LogP contribution < -0.4 is 10.1 Å². The molecule has 6 nitrogen and oxygen atoms in total. The minimum absolute atomic E-state index is 0.0635. The van der Waals surface area contributed by atoms with Crippen LogP contribution in [0.5, 0.6) is 5.75 Å². The Bertz CT molecular complexity index is 910. The summed E-state index contributed by atoms with van der Waals surface area (Å²) < 4.78 is 32.5. The van der Waals surface area contributed by atoms with Crippen LogP contribution in [-0.2, 0) is 21.2 Å². The van der Waals surface area contributed by atoms with E-state index in [2.05, 4.69) is 5.32 Å². The maximum atomic E-state index is 13.1. The maximum absolute atomic E-state index is 13.1. The van der Waals surface area contributed by atoms with Gasteiger partial charge in [-0.3, -0.25) is 4.79 Å². The molecule has 2 rings (SSSR count). The molecule has 27 heavy (non-hydrogen) atoms. The molecule has 0 spiro atoms. The molecule has 2 aromatic rings. The topological polar surface area (TPSA) is 75.7 Å². The van der Waals surface area contributed by atoms with Crippen molar-refractivity contribution in [2.45, 2.75) is 32.1 Å². The van der Waals surface area contributed by atoms with Gasteiger partial charge in [0.1, 0.15) is 10.6 Å². The first-order valence-corrected chi connectivity index (χ1v) is 10.3. The standard InChI is InChI=1S/C20H26N2O4S/c1-5-16-9-7-8-10-17(16)21-20(23)14-22(6-2)27(24,25)19-13-15(3)11-12-18(19)26-4/h7-13H,5-6,14H2,1-4H3,(H,21,23). The van der Waals surface area contributed by atoms with E-state index in [0.717, 1.165) is 21.9 Å². The number of hydrogen-bond acceptors (Lipinski definition) is 4. The molecule has 1 amide bonds. The second-order valence-corrected chi connectivity index (χ2v) is 8.05. The highest BCUT2D eigenvalue weighted by atomic mass is 32.2. The summed E-state index contributed by atoms with van der Waals surface area (Å²) in [5.41, 5.74) is 2.50. The van der Waals surface area contributed by atoms with Crippen LogP contribution in [-0.4, -0.2) is 38.8 Å². The molecular weight excluding hydrogens is 364 g/mol. The zero-order valence-corrected chi connectivity index (χ0v) is 17.0. The zero-order valence-electron chi connectivity index (χ0n) is 16.2. The third-order valence-electron chi connectivity index (χ3n) is 4.28. The molecule has 1 N–H and O–H groups in total. The van der Waals surface area contributed by atoms with Gasteiger partial charge in [-0.1, -0.05) is 38.1 Å². The Kier molecular flexibility index (Phi) is 6.98. The van der Waals surface area contributed by atoms with Gasteiger partial charge in [-0.15, -0.1) is 0 Å². The van der Waals surface area contributed by atoms with Gasteiger partial charge < -0.3 is 10.1 Å². The molecule has 0 unspecified atom stereocenters. The number of para-hydroxylation sites is 1. The number of benzene rings is 2. The number of carbonyl (C=O) groups is 1. The van der Waals surface area contributed by atoms with Gasteiger partial charge in [-0.25, -0.2) is 8.42 Å². The Morgan fingerprint density at radius 1 is 1.15 bits per heavy atom. The van der Waals surface area contributed by atoms with Crippen molar-refractivity contribution in [1.82, 2.24) is 4.31 Å². The highest BCUT2D eigenvalue weighted by Crippen LogP contribution is 2.27. The smallest absolute Gasteiger partial charge is 0.247 e. The molecule has 0 aromatic heterocycles. The number of rotatable bonds is 8. The Morgan fingerprint density at radius 3 is 2.48 bits per heavy atom. The highest BCUT2D eigenvalue weighted by Gasteiger charge is 2.28. The van der Waals surface area contributed by atoms with Crippen LogP contribution in [0.25, 0.3) is 0 Å². The van der Waals surface area contributed by atoms with Gasteiger partial charge in [0.05, 0.1) is 13.7 Å². The second kappa shape index (κ2) is 9.01. The summed E-state index contributed by atoms with van der Waals surface area (Å²) in [6.45, 7) is 5.41. The van der Waals surface area contributed by atoms with Crippen LogP contribution in [0.4, 0.5) is 5.69 Å². The summed E-state index contributed by atoms with van der Waals surface area (Å²) in [6.07, 6.45) is 0.771. The normalized spacial score (nSPS) is 11.4. The maximum Gasteiger partial charge on any atom is 0.247 e. The predicted octanol–water partition coefficient (Wildman–Crippen LogP) is 3.22. The molecule has 0 heterocycles. The van der Waals surface area contributed by atoms with Gasteiger partial charge in [-0.05, 0) is 42.7 Å². The van der Waals surface area contributed by atoms with E-state index in [1.54, 1.807) is 25.1 Å². The van der Waals surface area contributed by atoms with E-state index in [4.69, 9.17) is 4.74 Å². The van der Waals surface area contributed by atoms with E-state index in [0.29, 0.717) is 5.69 Å². The number of ether oxygens (including phenoxy) is 1. The molecule has 0 bridgehead atoms. The minimum atomic E-state index is -3.87. The number of nitrogens with zero attached hydrogens (tertiary/aromatic N) is 1. The monoisotopic (exact) mass is 390 g/mol. The van der Waals surface area contributed by atoms with Crippen LogP contribution in [0.2, 0.25) is 0 Å². The van der Waals surface area contributed by atoms with Crippen molar-refractivity contribution < 1.29 is 17.9 Å². The second-order valence-electron chi connectivity index (χ2n) is 6.14. The number of hydrogen-bond donors (Lipinski definition) is 1. The minimum Gasteiger partial charge on any atom is -0.495 e. The van der Waals surface area contributed by atoms with Crippen LogP contribution in [0.3, 0.4) is 0 Å². The number of methoxy groups -OCH3 is 1. The van der Waals surface area contributed by atoms with Gasteiger partial charge >= 0.3 is 0 Å². The van der Waals surface area contributed by atoms with E-state index in [1.807, 2.05) is 38.1 Å². The average molecular weight is 391 g/mol. The third kappa shape index (κ3) is 4.87. The summed E-state index contributed by atoms with van der Waals surface area (Å²) in [5, 5.41) is 2.81. The fourth-order valence-corrected chi connectivity index (χ4v) is 4.44. The molecule has 0 aliphatic rings. The lowest BCUT2D eigenvalue weighted by Gasteiger charge is -2.22. The first-order chi connectivity index (χ1) is 12.8. The Balaban J connectivity index is 2.25. The molecule has 0 saturated carbocycles. The number of anilines is 1. The summed E-state index contributed by atoms with van der Waals surface area (Å²) in [6, 6.07) is 12.4. The van der Waals surface area contributed by atoms with E-state index in [1.165, 1.54) is 7.11 Å². The first-order valence-electron chi connectivity index (χ1n) is 8.86. The lowest BCUT2D eigenvalue weighted by Crippen LogP contribution is -2.38. The van der Waals surface area contributed by atoms with Crippen molar-refractivity contribution >= 4 is 21.6 Å². The molecule has 2 aromatic carbocycles. The van der Waals surface area contributed by atoms with Crippen LogP contribution >= 0.6 is 0 Å². The van der Waals surface area contributed by atoms with Crippen LogP contribution in [0.1, 0.15) is 25.0 Å². The molecule has 146 valence electrons. The van der Waals surface area contributed by atoms with Crippen molar-refractivity contribution in [2.75, 3.05) is 25.5 Å². The molecule has 0 radical (unpaired) electrons. The number of sulfonamides is 1. The number of carbonyl (C=O) groups excluding carboxylic acids is 1. The number of amides is 1. The zero-order chi connectivity index (χ0) is 20.0. The summed E-state index contributed by atoms with van der Waals surface area (Å²) in [5.74, 6) is -0.122. The largest absolute Gasteiger partial charge is 0.495 e. The fraction of sp³-hybridized carbons (Fsp3) is 0.350. The average Bonchev–Trinajstić information content (AvgIpc) is 2.66. The van der Waals surface area contributed by atoms with Crippen LogP contribution in [0, 0.1) is 6.92 Å². The molecule has 0 aliphatic carbocycles. The van der Waals surface area contributed by atoms with E-state index < -0.39 is 10.0 Å². The molecular formula is C20H26N2O4S. The van der Waals surface area contributed by atoms with Gasteiger partial charge in [0.15, 0.2) is 0 Å². The van der Waals surface area contributed by atoms with Gasteiger partial charge in [0, 0.05) is 12.2 Å². The van der Waals surface area contributed by atoms with Gasteiger partial charge in [-0.2, -0.15) is 4.31 Å². The van der Waals surface area contributed by atoms with Crippen molar-refractivity contribution in [3.8, 4) is 5.75 Å². The highest BCUT2D eigenvalue weighted by molar-refractivity contribution is 7.89. The molecule has 0 saturated heterocycles. The van der Waals surface area contributed by atoms with Crippen molar-refractivity contribution in [3.63, 3.8) is 0 Å². The Morgan fingerprint density at radius 2 is 1.85 bits per heavy atom. The predicted molar refractivity (Wildman–Crippen MR) is 107 cm³/mol. The van der Waals surface area contributed by atoms with Crippen molar-refractivity contribution in [2.24, 2.45) is 0 Å². The summed E-state index contributed by atoms with van der Waals surface area (Å²) >= 11 is 0. The van der Waals surface area contributed by atoms with Gasteiger partial charge in [0.25, 0.3) is 0 Å². The first kappa shape index (κ1) is 20.9. The Hall–Kier alpha value is -2.38. The summed E-state index contributed by atoms with van der Waals surface area (Å²) in [4.78, 5) is 12.6. The number of likely N-dealkylation sites (N-methyl/N-ethyl adjacent to an activating group) is 1. The third-order valence-corrected chi connectivity index (χ3v) is 6.22. The molecule has 0 atom stereocenters. The van der Waals surface area contributed by atoms with E-state index in [-0.39, 0.29) is 29.6 Å². The molecule has 0 aliphatic heterocycles. The molecule has 7 heteroatoms. The lowest BCUT2D eigenvalue weighted by molar-refractivity contribution is -0.116. The van der Waals surface area contributed by atoms with E-state index in [9.17, 15) is 13.2 Å². The fourth-order valence-electron chi connectivity index (χ4n) is 2.79. The number of aryl methyl sites for hydroxylation is 2. The molecule has 0 fully saturated rings. The number of nitrogens with one attached hydrogen (secondary N) is 1. The van der Waals surface area contributed by atoms with Crippen molar-refractivity contribution in [3.05, 3.63) is 53.6 Å². The Labute approximate surface area is 161 Å². The summed E-state index contributed by atoms with van der Waals surface area (Å²) in [7, 11) is -2.45. The van der Waals surface area contributed by atoms with Gasteiger partial charge in [0.2, 0.25) is 15.9 Å². The van der Waals surface area contributed by atoms with Crippen LogP contribution in [0.15, 0.2) is 47.4 Å². The van der Waals surface area contributed by atoms with E-state index >= 15 is 0 Å².